The molecule has 1 aliphatic carbocycles. The first-order chi connectivity index (χ1) is 13.4. The van der Waals surface area contributed by atoms with Gasteiger partial charge in [-0.25, -0.2) is 0 Å². The van der Waals surface area contributed by atoms with Gasteiger partial charge in [0.1, 0.15) is 5.56 Å². The number of nitrogens with one attached hydrogen (secondary N) is 1. The van der Waals surface area contributed by atoms with Crippen molar-refractivity contribution in [1.29, 1.82) is 0 Å². The topological polar surface area (TPSA) is 54.3 Å². The minimum absolute atomic E-state index is 0.0885. The number of aromatic nitrogens is 1. The van der Waals surface area contributed by atoms with Crippen LogP contribution in [0.25, 0.3) is 10.9 Å². The summed E-state index contributed by atoms with van der Waals surface area (Å²) < 4.78 is 1.91. The molecular weight excluding hydrogens is 350 g/mol. The monoisotopic (exact) mass is 381 g/mol. The Morgan fingerprint density at radius 2 is 2.00 bits per heavy atom. The molecule has 1 atom stereocenters. The predicted molar refractivity (Wildman–Crippen MR) is 113 cm³/mol. The average molecular weight is 382 g/mol. The molecule has 2 aromatic rings. The smallest absolute Gasteiger partial charge is 0.259 e. The fraction of sp³-hybridized carbons (Fsp3) is 0.565. The van der Waals surface area contributed by atoms with Crippen LogP contribution in [0.5, 0.6) is 0 Å². The molecule has 1 unspecified atom stereocenters. The lowest BCUT2D eigenvalue weighted by atomic mass is 9.79. The normalized spacial score (nSPS) is 21.5. The van der Waals surface area contributed by atoms with E-state index in [4.69, 9.17) is 0 Å². The van der Waals surface area contributed by atoms with E-state index in [1.807, 2.05) is 41.6 Å². The van der Waals surface area contributed by atoms with Crippen LogP contribution in [-0.2, 0) is 7.05 Å². The number of benzene rings is 1. The van der Waals surface area contributed by atoms with Gasteiger partial charge in [-0.2, -0.15) is 0 Å². The summed E-state index contributed by atoms with van der Waals surface area (Å²) in [6.07, 6.45) is 8.40. The number of pyridine rings is 1. The number of amides is 1. The summed E-state index contributed by atoms with van der Waals surface area (Å²) in [6, 6.07) is 6.18. The van der Waals surface area contributed by atoms with Crippen molar-refractivity contribution in [3.05, 3.63) is 45.7 Å². The SMILES string of the molecule is CCNC1CN(C(=O)c2cn(C)c3ccc(C)cc3c2=O)C2(CCCCC2)C1. The second kappa shape index (κ2) is 7.36. The highest BCUT2D eigenvalue weighted by molar-refractivity contribution is 5.98. The third-order valence-electron chi connectivity index (χ3n) is 6.70. The molecule has 5 nitrogen and oxygen atoms in total. The van der Waals surface area contributed by atoms with Crippen molar-refractivity contribution >= 4 is 16.8 Å². The highest BCUT2D eigenvalue weighted by Gasteiger charge is 2.48. The van der Waals surface area contributed by atoms with Gasteiger partial charge in [0, 0.05) is 36.8 Å². The van der Waals surface area contributed by atoms with Gasteiger partial charge in [-0.3, -0.25) is 9.59 Å². The van der Waals surface area contributed by atoms with Crippen LogP contribution in [0.2, 0.25) is 0 Å². The van der Waals surface area contributed by atoms with Crippen molar-refractivity contribution in [2.24, 2.45) is 7.05 Å². The highest BCUT2D eigenvalue weighted by Crippen LogP contribution is 2.42. The summed E-state index contributed by atoms with van der Waals surface area (Å²) in [5, 5.41) is 4.17. The van der Waals surface area contributed by atoms with Crippen LogP contribution in [0, 0.1) is 6.92 Å². The van der Waals surface area contributed by atoms with E-state index in [2.05, 4.69) is 12.2 Å². The fourth-order valence-corrected chi connectivity index (χ4v) is 5.36. The van der Waals surface area contributed by atoms with Crippen molar-refractivity contribution < 1.29 is 4.79 Å². The second-order valence-corrected chi connectivity index (χ2v) is 8.66. The summed E-state index contributed by atoms with van der Waals surface area (Å²) in [5.41, 5.74) is 1.98. The number of fused-ring (bicyclic) bond motifs is 1. The summed E-state index contributed by atoms with van der Waals surface area (Å²) in [4.78, 5) is 28.9. The second-order valence-electron chi connectivity index (χ2n) is 8.66. The summed E-state index contributed by atoms with van der Waals surface area (Å²) >= 11 is 0. The number of hydrogen-bond acceptors (Lipinski definition) is 3. The Bertz CT molecular complexity index is 956. The molecule has 1 spiro atoms. The Morgan fingerprint density at radius 3 is 2.71 bits per heavy atom. The van der Waals surface area contributed by atoms with E-state index in [-0.39, 0.29) is 16.9 Å². The number of likely N-dealkylation sites (N-methyl/N-ethyl adjacent to an activating group) is 1. The van der Waals surface area contributed by atoms with Crippen LogP contribution >= 0.6 is 0 Å². The number of carbonyl (C=O) groups excluding carboxylic acids is 1. The molecular formula is C23H31N3O2. The van der Waals surface area contributed by atoms with Gasteiger partial charge in [0.15, 0.2) is 0 Å². The molecule has 1 aliphatic heterocycles. The van der Waals surface area contributed by atoms with Gasteiger partial charge in [0.2, 0.25) is 5.43 Å². The van der Waals surface area contributed by atoms with Crippen LogP contribution in [0.15, 0.2) is 29.2 Å². The standard InChI is InChI=1S/C23H31N3O2/c1-4-24-17-13-23(10-6-5-7-11-23)26(14-17)22(28)19-15-25(3)20-9-8-16(2)12-18(20)21(19)27/h8-9,12,15,17,24H,4-7,10-11,13-14H2,1-3H3. The van der Waals surface area contributed by atoms with Gasteiger partial charge in [-0.15, -0.1) is 0 Å². The van der Waals surface area contributed by atoms with E-state index in [0.29, 0.717) is 23.5 Å². The Morgan fingerprint density at radius 1 is 1.25 bits per heavy atom. The van der Waals surface area contributed by atoms with Gasteiger partial charge >= 0.3 is 0 Å². The lowest BCUT2D eigenvalue weighted by molar-refractivity contribution is 0.0498. The number of aryl methyl sites for hydroxylation is 2. The number of rotatable bonds is 3. The first-order valence-corrected chi connectivity index (χ1v) is 10.6. The quantitative estimate of drug-likeness (QED) is 0.887. The van der Waals surface area contributed by atoms with Crippen LogP contribution in [0.1, 0.15) is 61.4 Å². The number of nitrogens with zero attached hydrogens (tertiary/aromatic N) is 2. The van der Waals surface area contributed by atoms with Crippen molar-refractivity contribution in [2.75, 3.05) is 13.1 Å². The molecule has 1 saturated carbocycles. The van der Waals surface area contributed by atoms with Crippen LogP contribution in [-0.4, -0.2) is 40.0 Å². The molecule has 1 saturated heterocycles. The third kappa shape index (κ3) is 3.16. The number of likely N-dealkylation sites (tertiary alicyclic amines) is 1. The van der Waals surface area contributed by atoms with Gasteiger partial charge in [-0.05, 0) is 44.9 Å². The van der Waals surface area contributed by atoms with E-state index >= 15 is 0 Å². The maximum atomic E-state index is 13.7. The minimum atomic E-state index is -0.139. The van der Waals surface area contributed by atoms with Crippen LogP contribution < -0.4 is 10.7 Å². The molecule has 2 fully saturated rings. The molecule has 0 radical (unpaired) electrons. The van der Waals surface area contributed by atoms with Gasteiger partial charge < -0.3 is 14.8 Å². The Kier molecular flexibility index (Phi) is 5.04. The summed E-state index contributed by atoms with van der Waals surface area (Å²) in [6.45, 7) is 5.69. The lowest BCUT2D eigenvalue weighted by Crippen LogP contribution is -2.49. The van der Waals surface area contributed by atoms with Crippen molar-refractivity contribution in [2.45, 2.75) is 64.0 Å². The number of hydrogen-bond donors (Lipinski definition) is 1. The van der Waals surface area contributed by atoms with Crippen LogP contribution in [0.4, 0.5) is 0 Å². The molecule has 1 N–H and O–H groups in total. The predicted octanol–water partition coefficient (Wildman–Crippen LogP) is 3.37. The largest absolute Gasteiger partial charge is 0.350 e. The molecule has 150 valence electrons. The highest BCUT2D eigenvalue weighted by atomic mass is 16.2. The molecule has 28 heavy (non-hydrogen) atoms. The molecule has 5 heteroatoms. The molecule has 0 bridgehead atoms. The van der Waals surface area contributed by atoms with E-state index in [1.54, 1.807) is 6.20 Å². The van der Waals surface area contributed by atoms with Gasteiger partial charge in [0.25, 0.3) is 5.91 Å². The summed E-state index contributed by atoms with van der Waals surface area (Å²) in [7, 11) is 1.91. The fourth-order valence-electron chi connectivity index (χ4n) is 5.36. The maximum absolute atomic E-state index is 13.7. The summed E-state index contributed by atoms with van der Waals surface area (Å²) in [5.74, 6) is -0.0914. The maximum Gasteiger partial charge on any atom is 0.259 e. The van der Waals surface area contributed by atoms with E-state index in [0.717, 1.165) is 49.7 Å². The zero-order valence-corrected chi connectivity index (χ0v) is 17.3. The first-order valence-electron chi connectivity index (χ1n) is 10.6. The van der Waals surface area contributed by atoms with E-state index < -0.39 is 0 Å². The molecule has 2 aliphatic rings. The lowest BCUT2D eigenvalue weighted by Gasteiger charge is -2.41. The van der Waals surface area contributed by atoms with E-state index in [9.17, 15) is 9.59 Å². The first kappa shape index (κ1) is 19.2. The van der Waals surface area contributed by atoms with Crippen molar-refractivity contribution in [1.82, 2.24) is 14.8 Å². The zero-order chi connectivity index (χ0) is 19.9. The molecule has 1 aromatic carbocycles. The van der Waals surface area contributed by atoms with Crippen molar-refractivity contribution in [3.63, 3.8) is 0 Å². The third-order valence-corrected chi connectivity index (χ3v) is 6.70. The van der Waals surface area contributed by atoms with Gasteiger partial charge in [0.05, 0.1) is 5.52 Å². The van der Waals surface area contributed by atoms with Crippen LogP contribution in [0.3, 0.4) is 0 Å². The zero-order valence-electron chi connectivity index (χ0n) is 17.3. The minimum Gasteiger partial charge on any atom is -0.350 e. The Labute approximate surface area is 166 Å². The molecule has 1 aromatic heterocycles. The molecule has 2 heterocycles. The van der Waals surface area contributed by atoms with Gasteiger partial charge in [-0.1, -0.05) is 37.8 Å². The Hall–Kier alpha value is -2.14. The molecule has 4 rings (SSSR count). The number of carbonyl (C=O) groups is 1. The van der Waals surface area contributed by atoms with Crippen molar-refractivity contribution in [3.8, 4) is 0 Å². The molecule has 1 amide bonds. The Balaban J connectivity index is 1.77. The average Bonchev–Trinajstić information content (AvgIpc) is 3.02. The van der Waals surface area contributed by atoms with E-state index in [1.165, 1.54) is 6.42 Å².